The summed E-state index contributed by atoms with van der Waals surface area (Å²) < 4.78 is 0. The monoisotopic (exact) mass is 150 g/mol. The highest BCUT2D eigenvalue weighted by atomic mass is 15.2. The molecule has 2 nitrogen and oxygen atoms in total. The zero-order valence-corrected chi connectivity index (χ0v) is 7.00. The van der Waals surface area contributed by atoms with Crippen LogP contribution in [0.2, 0.25) is 0 Å². The fourth-order valence-corrected chi connectivity index (χ4v) is 1.61. The van der Waals surface area contributed by atoms with Crippen molar-refractivity contribution in [3.63, 3.8) is 0 Å². The molecule has 11 heavy (non-hydrogen) atoms. The predicted molar refractivity (Wildman–Crippen MR) is 46.5 cm³/mol. The first-order valence-electron chi connectivity index (χ1n) is 4.56. The smallest absolute Gasteiger partial charge is 0.182 e. The lowest BCUT2D eigenvalue weighted by molar-refractivity contribution is 0.185. The second-order valence-electron chi connectivity index (χ2n) is 3.78. The van der Waals surface area contributed by atoms with Crippen molar-refractivity contribution >= 4 is 7.98 Å². The Hall–Kier alpha value is -0.0151. The Bertz CT molecular complexity index is 128. The fourth-order valence-electron chi connectivity index (χ4n) is 1.61. The van der Waals surface area contributed by atoms with Crippen LogP contribution in [0.5, 0.6) is 0 Å². The number of piperazine rings is 1. The van der Waals surface area contributed by atoms with Crippen LogP contribution in [0.15, 0.2) is 0 Å². The van der Waals surface area contributed by atoms with Crippen LogP contribution < -0.4 is 0 Å². The Morgan fingerprint density at radius 2 is 1.73 bits per heavy atom. The molecule has 2 aliphatic rings. The van der Waals surface area contributed by atoms with Gasteiger partial charge < -0.3 is 9.71 Å². The summed E-state index contributed by atoms with van der Waals surface area (Å²) in [6, 6.07) is 0. The van der Waals surface area contributed by atoms with Gasteiger partial charge in [0.05, 0.1) is 0 Å². The third kappa shape index (κ3) is 2.21. The number of rotatable bonds is 2. The van der Waals surface area contributed by atoms with Gasteiger partial charge in [0.1, 0.15) is 0 Å². The molecule has 2 radical (unpaired) electrons. The summed E-state index contributed by atoms with van der Waals surface area (Å²) in [7, 11) is 5.65. The van der Waals surface area contributed by atoms with E-state index in [1.807, 2.05) is 4.81 Å². The summed E-state index contributed by atoms with van der Waals surface area (Å²) in [6.07, 6.45) is 2.92. The lowest BCUT2D eigenvalue weighted by atomic mass is 10.2. The van der Waals surface area contributed by atoms with Crippen LogP contribution in [0.3, 0.4) is 0 Å². The van der Waals surface area contributed by atoms with Crippen molar-refractivity contribution in [1.82, 2.24) is 9.71 Å². The van der Waals surface area contributed by atoms with Gasteiger partial charge in [0.2, 0.25) is 0 Å². The topological polar surface area (TPSA) is 6.48 Å². The van der Waals surface area contributed by atoms with Crippen molar-refractivity contribution in [3.8, 4) is 0 Å². The first-order valence-corrected chi connectivity index (χ1v) is 4.56. The third-order valence-electron chi connectivity index (χ3n) is 2.62. The van der Waals surface area contributed by atoms with Crippen molar-refractivity contribution < 1.29 is 0 Å². The summed E-state index contributed by atoms with van der Waals surface area (Å²) in [5.74, 6) is 1.03. The average molecular weight is 150 g/mol. The molecule has 0 bridgehead atoms. The molecular formula is C8H15BN2. The normalized spacial score (nSPS) is 29.1. The van der Waals surface area contributed by atoms with E-state index in [0.717, 1.165) is 19.0 Å². The van der Waals surface area contributed by atoms with E-state index < -0.39 is 0 Å². The first-order chi connectivity index (χ1) is 5.34. The van der Waals surface area contributed by atoms with E-state index in [-0.39, 0.29) is 0 Å². The highest BCUT2D eigenvalue weighted by Crippen LogP contribution is 2.29. The molecule has 1 aliphatic carbocycles. The van der Waals surface area contributed by atoms with E-state index >= 15 is 0 Å². The maximum atomic E-state index is 5.65. The maximum Gasteiger partial charge on any atom is 0.182 e. The second-order valence-corrected chi connectivity index (χ2v) is 3.78. The molecule has 3 heteroatoms. The number of hydrogen-bond donors (Lipinski definition) is 0. The van der Waals surface area contributed by atoms with Gasteiger partial charge in [-0.3, -0.25) is 0 Å². The Morgan fingerprint density at radius 1 is 1.09 bits per heavy atom. The number of hydrogen-bond acceptors (Lipinski definition) is 2. The molecule has 0 aromatic carbocycles. The third-order valence-corrected chi connectivity index (χ3v) is 2.62. The van der Waals surface area contributed by atoms with E-state index in [0.29, 0.717) is 0 Å². The van der Waals surface area contributed by atoms with Crippen LogP contribution in [-0.4, -0.2) is 50.4 Å². The molecule has 1 heterocycles. The molecule has 0 aromatic rings. The summed E-state index contributed by atoms with van der Waals surface area (Å²) in [4.78, 5) is 4.46. The molecule has 1 saturated heterocycles. The molecule has 2 rings (SSSR count). The minimum absolute atomic E-state index is 1.03. The molecule has 1 aliphatic heterocycles. The van der Waals surface area contributed by atoms with Crippen molar-refractivity contribution in [2.24, 2.45) is 5.92 Å². The molecule has 0 aromatic heterocycles. The molecule has 0 N–H and O–H groups in total. The van der Waals surface area contributed by atoms with Crippen molar-refractivity contribution in [2.75, 3.05) is 32.7 Å². The van der Waals surface area contributed by atoms with E-state index in [9.17, 15) is 0 Å². The van der Waals surface area contributed by atoms with Crippen molar-refractivity contribution in [2.45, 2.75) is 12.8 Å². The quantitative estimate of drug-likeness (QED) is 0.515. The molecule has 1 saturated carbocycles. The zero-order chi connectivity index (χ0) is 7.68. The molecule has 60 valence electrons. The lowest BCUT2D eigenvalue weighted by Gasteiger charge is -2.32. The molecule has 0 unspecified atom stereocenters. The van der Waals surface area contributed by atoms with Gasteiger partial charge in [-0.1, -0.05) is 0 Å². The summed E-state index contributed by atoms with van der Waals surface area (Å²) in [5, 5.41) is 0. The van der Waals surface area contributed by atoms with Gasteiger partial charge in [0.25, 0.3) is 0 Å². The van der Waals surface area contributed by atoms with Gasteiger partial charge in [-0.15, -0.1) is 0 Å². The summed E-state index contributed by atoms with van der Waals surface area (Å²) in [6.45, 7) is 5.77. The maximum absolute atomic E-state index is 5.65. The van der Waals surface area contributed by atoms with E-state index in [1.165, 1.54) is 32.5 Å². The SMILES string of the molecule is [B]N1CCN(CC2CC2)CC1. The van der Waals surface area contributed by atoms with Crippen LogP contribution >= 0.6 is 0 Å². The van der Waals surface area contributed by atoms with Gasteiger partial charge >= 0.3 is 0 Å². The molecule has 0 atom stereocenters. The minimum atomic E-state index is 1.03. The lowest BCUT2D eigenvalue weighted by Crippen LogP contribution is -2.45. The Labute approximate surface area is 70.0 Å². The van der Waals surface area contributed by atoms with Gasteiger partial charge in [-0.2, -0.15) is 0 Å². The van der Waals surface area contributed by atoms with Crippen LogP contribution in [0.25, 0.3) is 0 Å². The van der Waals surface area contributed by atoms with E-state index in [1.54, 1.807) is 0 Å². The molecular weight excluding hydrogens is 135 g/mol. The Kier molecular flexibility index (Phi) is 2.19. The molecule has 0 amide bonds. The van der Waals surface area contributed by atoms with Crippen molar-refractivity contribution in [3.05, 3.63) is 0 Å². The van der Waals surface area contributed by atoms with E-state index in [2.05, 4.69) is 4.90 Å². The molecule has 2 fully saturated rings. The van der Waals surface area contributed by atoms with Gasteiger partial charge in [0.15, 0.2) is 7.98 Å². The van der Waals surface area contributed by atoms with Gasteiger partial charge in [0, 0.05) is 19.6 Å². The molecule has 0 spiro atoms. The summed E-state index contributed by atoms with van der Waals surface area (Å²) >= 11 is 0. The van der Waals surface area contributed by atoms with Crippen LogP contribution in [-0.2, 0) is 0 Å². The largest absolute Gasteiger partial charge is 0.351 e. The Balaban J connectivity index is 1.69. The van der Waals surface area contributed by atoms with Crippen LogP contribution in [0.4, 0.5) is 0 Å². The fraction of sp³-hybridized carbons (Fsp3) is 1.00. The zero-order valence-electron chi connectivity index (χ0n) is 7.00. The highest BCUT2D eigenvalue weighted by Gasteiger charge is 2.25. The Morgan fingerprint density at radius 3 is 2.27 bits per heavy atom. The minimum Gasteiger partial charge on any atom is -0.351 e. The van der Waals surface area contributed by atoms with E-state index in [4.69, 9.17) is 7.98 Å². The highest BCUT2D eigenvalue weighted by molar-refractivity contribution is 6.04. The number of nitrogens with zero attached hydrogens (tertiary/aromatic N) is 2. The van der Waals surface area contributed by atoms with Crippen LogP contribution in [0, 0.1) is 5.92 Å². The van der Waals surface area contributed by atoms with Gasteiger partial charge in [-0.25, -0.2) is 0 Å². The second kappa shape index (κ2) is 3.15. The standard InChI is InChI=1S/C8H15BN2/c9-11-5-3-10(4-6-11)7-8-1-2-8/h8H,1-7H2. The first kappa shape index (κ1) is 7.62. The average Bonchev–Trinajstić information content (AvgIpc) is 2.78. The van der Waals surface area contributed by atoms with Crippen LogP contribution in [0.1, 0.15) is 12.8 Å². The predicted octanol–water partition coefficient (Wildman–Crippen LogP) is 0.0975. The van der Waals surface area contributed by atoms with Gasteiger partial charge in [-0.05, 0) is 31.8 Å². The summed E-state index contributed by atoms with van der Waals surface area (Å²) in [5.41, 5.74) is 0. The van der Waals surface area contributed by atoms with Crippen molar-refractivity contribution in [1.29, 1.82) is 0 Å².